The van der Waals surface area contributed by atoms with E-state index in [1.165, 1.54) is 0 Å². The van der Waals surface area contributed by atoms with Gasteiger partial charge in [-0.15, -0.1) is 0 Å². The molecule has 0 aliphatic heterocycles. The molecule has 0 saturated heterocycles. The van der Waals surface area contributed by atoms with Gasteiger partial charge in [-0.3, -0.25) is 9.78 Å². The largest absolute Gasteiger partial charge is 0.350 e. The van der Waals surface area contributed by atoms with Gasteiger partial charge in [0.05, 0.1) is 18.2 Å². The van der Waals surface area contributed by atoms with Crippen LogP contribution in [0.1, 0.15) is 22.7 Å². The third kappa shape index (κ3) is 2.40. The number of nitrogens with one attached hydrogen (secondary N) is 1. The number of carbonyl (C=O) groups is 1. The van der Waals surface area contributed by atoms with Gasteiger partial charge in [0.2, 0.25) is 5.91 Å². The van der Waals surface area contributed by atoms with Crippen LogP contribution in [0, 0.1) is 0 Å². The summed E-state index contributed by atoms with van der Waals surface area (Å²) in [5, 5.41) is 3.02. The number of hydrogen-bond acceptors (Lipinski definition) is 2. The second kappa shape index (κ2) is 5.69. The summed E-state index contributed by atoms with van der Waals surface area (Å²) in [5.74, 6) is -0.223. The van der Waals surface area contributed by atoms with Crippen LogP contribution in [-0.4, -0.2) is 10.9 Å². The maximum absolute atomic E-state index is 12.8. The lowest BCUT2D eigenvalue weighted by Crippen LogP contribution is -2.29. The van der Waals surface area contributed by atoms with Crippen molar-refractivity contribution in [2.45, 2.75) is 12.5 Å². The predicted molar refractivity (Wildman–Crippen MR) is 89.8 cm³/mol. The Bertz CT molecular complexity index is 813. The Hall–Kier alpha value is -2.94. The first kappa shape index (κ1) is 13.7. The molecule has 1 amide bonds. The van der Waals surface area contributed by atoms with Crippen LogP contribution in [0.4, 0.5) is 0 Å². The Morgan fingerprint density at radius 3 is 2.09 bits per heavy atom. The Kier molecular flexibility index (Phi) is 3.39. The van der Waals surface area contributed by atoms with Crippen molar-refractivity contribution in [3.8, 4) is 11.1 Å². The summed E-state index contributed by atoms with van der Waals surface area (Å²) in [5.41, 5.74) is 5.32. The molecule has 1 aliphatic carbocycles. The molecule has 3 aromatic rings. The van der Waals surface area contributed by atoms with E-state index >= 15 is 0 Å². The second-order valence-corrected chi connectivity index (χ2v) is 5.65. The Morgan fingerprint density at radius 2 is 1.48 bits per heavy atom. The Morgan fingerprint density at radius 1 is 0.870 bits per heavy atom. The number of nitrogens with zero attached hydrogens (tertiary/aromatic N) is 1. The fraction of sp³-hybridized carbons (Fsp3) is 0.100. The topological polar surface area (TPSA) is 42.0 Å². The quantitative estimate of drug-likeness (QED) is 0.804. The van der Waals surface area contributed by atoms with Gasteiger partial charge in [-0.2, -0.15) is 0 Å². The number of hydrogen-bond donors (Lipinski definition) is 1. The number of aromatic nitrogens is 1. The van der Waals surface area contributed by atoms with Crippen molar-refractivity contribution < 1.29 is 4.79 Å². The summed E-state index contributed by atoms with van der Waals surface area (Å²) in [6, 6.07) is 22.0. The molecule has 0 bridgehead atoms. The molecule has 0 spiro atoms. The van der Waals surface area contributed by atoms with E-state index in [0.29, 0.717) is 6.54 Å². The number of rotatable bonds is 3. The highest BCUT2D eigenvalue weighted by Gasteiger charge is 2.33. The van der Waals surface area contributed by atoms with E-state index in [9.17, 15) is 4.79 Å². The molecule has 3 heteroatoms. The Labute approximate surface area is 135 Å². The van der Waals surface area contributed by atoms with Crippen LogP contribution in [0.15, 0.2) is 72.9 Å². The van der Waals surface area contributed by atoms with Crippen molar-refractivity contribution in [3.63, 3.8) is 0 Å². The number of benzene rings is 2. The molecule has 4 rings (SSSR count). The fourth-order valence-corrected chi connectivity index (χ4v) is 3.22. The van der Waals surface area contributed by atoms with Gasteiger partial charge in [-0.1, -0.05) is 54.6 Å². The first-order valence-corrected chi connectivity index (χ1v) is 7.70. The highest BCUT2D eigenvalue weighted by atomic mass is 16.1. The standard InChI is InChI=1S/C20H16N2O/c23-20(22-13-14-7-5-6-12-21-14)19-17-10-3-1-8-15(17)16-9-2-4-11-18(16)19/h1-12,19H,13H2,(H,22,23). The Balaban J connectivity index is 1.64. The molecule has 3 nitrogen and oxygen atoms in total. The minimum absolute atomic E-state index is 0.0213. The first-order valence-electron chi connectivity index (χ1n) is 7.70. The van der Waals surface area contributed by atoms with Gasteiger partial charge in [-0.05, 0) is 34.4 Å². The number of carbonyl (C=O) groups excluding carboxylic acids is 1. The normalized spacial score (nSPS) is 12.5. The van der Waals surface area contributed by atoms with E-state index < -0.39 is 0 Å². The zero-order chi connectivity index (χ0) is 15.6. The van der Waals surface area contributed by atoms with E-state index in [0.717, 1.165) is 27.9 Å². The number of pyridine rings is 1. The average molecular weight is 300 g/mol. The maximum Gasteiger partial charge on any atom is 0.232 e. The van der Waals surface area contributed by atoms with Crippen LogP contribution in [0.25, 0.3) is 11.1 Å². The van der Waals surface area contributed by atoms with Gasteiger partial charge < -0.3 is 5.32 Å². The molecule has 112 valence electrons. The zero-order valence-electron chi connectivity index (χ0n) is 12.6. The van der Waals surface area contributed by atoms with Crippen LogP contribution in [0.5, 0.6) is 0 Å². The van der Waals surface area contributed by atoms with Gasteiger partial charge in [0.1, 0.15) is 0 Å². The van der Waals surface area contributed by atoms with E-state index in [-0.39, 0.29) is 11.8 Å². The minimum atomic E-state index is -0.244. The summed E-state index contributed by atoms with van der Waals surface area (Å²) < 4.78 is 0. The lowest BCUT2D eigenvalue weighted by atomic mass is 9.96. The second-order valence-electron chi connectivity index (χ2n) is 5.65. The van der Waals surface area contributed by atoms with Crippen LogP contribution in [-0.2, 0) is 11.3 Å². The molecule has 1 N–H and O–H groups in total. The average Bonchev–Trinajstić information content (AvgIpc) is 2.95. The van der Waals surface area contributed by atoms with Gasteiger partial charge in [0.25, 0.3) is 0 Å². The van der Waals surface area contributed by atoms with Crippen LogP contribution < -0.4 is 5.32 Å². The molecule has 1 aliphatic rings. The van der Waals surface area contributed by atoms with Gasteiger partial charge in [-0.25, -0.2) is 0 Å². The predicted octanol–water partition coefficient (Wildman–Crippen LogP) is 3.51. The molecular weight excluding hydrogens is 284 g/mol. The van der Waals surface area contributed by atoms with Crippen molar-refractivity contribution in [1.29, 1.82) is 0 Å². The summed E-state index contributed by atoms with van der Waals surface area (Å²) in [4.78, 5) is 17.1. The lowest BCUT2D eigenvalue weighted by molar-refractivity contribution is -0.121. The minimum Gasteiger partial charge on any atom is -0.350 e. The smallest absolute Gasteiger partial charge is 0.232 e. The molecule has 23 heavy (non-hydrogen) atoms. The van der Waals surface area contributed by atoms with Crippen LogP contribution >= 0.6 is 0 Å². The monoisotopic (exact) mass is 300 g/mol. The SMILES string of the molecule is O=C(NCc1ccccn1)C1c2ccccc2-c2ccccc21. The molecule has 0 fully saturated rings. The summed E-state index contributed by atoms with van der Waals surface area (Å²) in [6.07, 6.45) is 1.74. The third-order valence-corrected chi connectivity index (χ3v) is 4.27. The highest BCUT2D eigenvalue weighted by Crippen LogP contribution is 2.44. The summed E-state index contributed by atoms with van der Waals surface area (Å²) >= 11 is 0. The molecule has 0 radical (unpaired) electrons. The summed E-state index contributed by atoms with van der Waals surface area (Å²) in [6.45, 7) is 0.445. The summed E-state index contributed by atoms with van der Waals surface area (Å²) in [7, 11) is 0. The van der Waals surface area contributed by atoms with Gasteiger partial charge in [0.15, 0.2) is 0 Å². The van der Waals surface area contributed by atoms with Crippen molar-refractivity contribution in [3.05, 3.63) is 89.7 Å². The number of amides is 1. The lowest BCUT2D eigenvalue weighted by Gasteiger charge is -2.13. The molecule has 1 heterocycles. The molecule has 2 aromatic carbocycles. The molecular formula is C20H16N2O. The van der Waals surface area contributed by atoms with Crippen LogP contribution in [0.3, 0.4) is 0 Å². The molecule has 0 atom stereocenters. The molecule has 1 aromatic heterocycles. The van der Waals surface area contributed by atoms with E-state index in [1.807, 2.05) is 54.6 Å². The highest BCUT2D eigenvalue weighted by molar-refractivity contribution is 5.96. The zero-order valence-corrected chi connectivity index (χ0v) is 12.6. The number of fused-ring (bicyclic) bond motifs is 3. The van der Waals surface area contributed by atoms with E-state index in [2.05, 4.69) is 22.4 Å². The first-order chi connectivity index (χ1) is 11.3. The van der Waals surface area contributed by atoms with E-state index in [4.69, 9.17) is 0 Å². The fourth-order valence-electron chi connectivity index (χ4n) is 3.22. The molecule has 0 saturated carbocycles. The van der Waals surface area contributed by atoms with Crippen molar-refractivity contribution in [2.24, 2.45) is 0 Å². The van der Waals surface area contributed by atoms with E-state index in [1.54, 1.807) is 6.20 Å². The van der Waals surface area contributed by atoms with Crippen molar-refractivity contribution in [1.82, 2.24) is 10.3 Å². The van der Waals surface area contributed by atoms with Crippen molar-refractivity contribution in [2.75, 3.05) is 0 Å². The van der Waals surface area contributed by atoms with Gasteiger partial charge in [0, 0.05) is 6.20 Å². The van der Waals surface area contributed by atoms with Crippen LogP contribution in [0.2, 0.25) is 0 Å². The van der Waals surface area contributed by atoms with Crippen molar-refractivity contribution >= 4 is 5.91 Å². The maximum atomic E-state index is 12.8. The third-order valence-electron chi connectivity index (χ3n) is 4.27. The van der Waals surface area contributed by atoms with Gasteiger partial charge >= 0.3 is 0 Å². The molecule has 0 unspecified atom stereocenters.